The standard InChI is InChI=1S/C8H9BrN4OS/c1-2-5-3-10-6(14-5)4-11-8-13-12-7(9)15-8/h3H,2,4H2,1H3,(H,11,13). The molecule has 2 rings (SSSR count). The Morgan fingerprint density at radius 1 is 1.53 bits per heavy atom. The van der Waals surface area contributed by atoms with Crippen molar-refractivity contribution in [2.24, 2.45) is 0 Å². The van der Waals surface area contributed by atoms with Gasteiger partial charge in [0.15, 0.2) is 3.92 Å². The van der Waals surface area contributed by atoms with Crippen molar-refractivity contribution < 1.29 is 4.42 Å². The monoisotopic (exact) mass is 288 g/mol. The topological polar surface area (TPSA) is 63.8 Å². The highest BCUT2D eigenvalue weighted by molar-refractivity contribution is 9.11. The minimum absolute atomic E-state index is 0.529. The van der Waals surface area contributed by atoms with Gasteiger partial charge < -0.3 is 9.73 Å². The second-order valence-corrected chi connectivity index (χ2v) is 5.04. The molecule has 0 aliphatic carbocycles. The highest BCUT2D eigenvalue weighted by atomic mass is 79.9. The van der Waals surface area contributed by atoms with Crippen molar-refractivity contribution >= 4 is 32.4 Å². The first-order valence-electron chi connectivity index (χ1n) is 4.44. The smallest absolute Gasteiger partial charge is 0.213 e. The second kappa shape index (κ2) is 4.71. The lowest BCUT2D eigenvalue weighted by molar-refractivity contribution is 0.465. The van der Waals surface area contributed by atoms with Gasteiger partial charge in [0.05, 0.1) is 12.7 Å². The van der Waals surface area contributed by atoms with Gasteiger partial charge in [-0.3, -0.25) is 0 Å². The summed E-state index contributed by atoms with van der Waals surface area (Å²) in [6, 6.07) is 0. The van der Waals surface area contributed by atoms with Crippen LogP contribution in [0.25, 0.3) is 0 Å². The maximum atomic E-state index is 5.43. The molecule has 0 bridgehead atoms. The zero-order chi connectivity index (χ0) is 10.7. The molecule has 0 aromatic carbocycles. The van der Waals surface area contributed by atoms with Gasteiger partial charge in [0.1, 0.15) is 5.76 Å². The number of rotatable bonds is 4. The lowest BCUT2D eigenvalue weighted by atomic mass is 10.4. The summed E-state index contributed by atoms with van der Waals surface area (Å²) in [6.45, 7) is 2.56. The van der Waals surface area contributed by atoms with E-state index >= 15 is 0 Å². The van der Waals surface area contributed by atoms with Crippen LogP contribution in [0.3, 0.4) is 0 Å². The van der Waals surface area contributed by atoms with Crippen LogP contribution in [0.4, 0.5) is 5.13 Å². The first-order valence-corrected chi connectivity index (χ1v) is 6.05. The summed E-state index contributed by atoms with van der Waals surface area (Å²) in [7, 11) is 0. The maximum Gasteiger partial charge on any atom is 0.213 e. The third-order valence-electron chi connectivity index (χ3n) is 1.74. The fourth-order valence-corrected chi connectivity index (χ4v) is 2.03. The van der Waals surface area contributed by atoms with Crippen LogP contribution in [-0.2, 0) is 13.0 Å². The molecule has 1 N–H and O–H groups in total. The molecule has 0 aliphatic heterocycles. The molecule has 5 nitrogen and oxygen atoms in total. The van der Waals surface area contributed by atoms with Crippen molar-refractivity contribution in [2.45, 2.75) is 19.9 Å². The molecule has 2 heterocycles. The molecule has 15 heavy (non-hydrogen) atoms. The van der Waals surface area contributed by atoms with E-state index in [-0.39, 0.29) is 0 Å². The fraction of sp³-hybridized carbons (Fsp3) is 0.375. The summed E-state index contributed by atoms with van der Waals surface area (Å²) < 4.78 is 6.19. The van der Waals surface area contributed by atoms with E-state index in [1.54, 1.807) is 6.20 Å². The van der Waals surface area contributed by atoms with Crippen LogP contribution in [0.15, 0.2) is 14.5 Å². The predicted octanol–water partition coefficient (Wildman–Crippen LogP) is 2.46. The van der Waals surface area contributed by atoms with Crippen molar-refractivity contribution in [3.8, 4) is 0 Å². The molecule has 2 aromatic rings. The normalized spacial score (nSPS) is 10.5. The summed E-state index contributed by atoms with van der Waals surface area (Å²) in [5.74, 6) is 1.56. The Balaban J connectivity index is 1.93. The predicted molar refractivity (Wildman–Crippen MR) is 60.8 cm³/mol. The summed E-state index contributed by atoms with van der Waals surface area (Å²) >= 11 is 4.67. The van der Waals surface area contributed by atoms with Crippen LogP contribution < -0.4 is 5.32 Å². The Morgan fingerprint density at radius 3 is 3.00 bits per heavy atom. The van der Waals surface area contributed by atoms with Crippen molar-refractivity contribution in [3.63, 3.8) is 0 Å². The van der Waals surface area contributed by atoms with Gasteiger partial charge in [-0.25, -0.2) is 4.98 Å². The number of hydrogen-bond acceptors (Lipinski definition) is 6. The molecule has 0 amide bonds. The molecular weight excluding hydrogens is 280 g/mol. The average Bonchev–Trinajstić information content (AvgIpc) is 2.83. The Hall–Kier alpha value is -0.950. The van der Waals surface area contributed by atoms with Gasteiger partial charge in [-0.1, -0.05) is 18.3 Å². The highest BCUT2D eigenvalue weighted by Gasteiger charge is 2.04. The molecule has 0 saturated carbocycles. The van der Waals surface area contributed by atoms with E-state index in [0.29, 0.717) is 12.4 Å². The van der Waals surface area contributed by atoms with Gasteiger partial charge in [-0.2, -0.15) is 0 Å². The van der Waals surface area contributed by atoms with Crippen LogP contribution in [0.2, 0.25) is 0 Å². The molecule has 0 radical (unpaired) electrons. The molecule has 0 spiro atoms. The van der Waals surface area contributed by atoms with E-state index < -0.39 is 0 Å². The number of anilines is 1. The SMILES string of the molecule is CCc1cnc(CNc2nnc(Br)s2)o1. The molecule has 0 saturated heterocycles. The minimum atomic E-state index is 0.529. The molecule has 0 aliphatic rings. The van der Waals surface area contributed by atoms with Gasteiger partial charge in [-0.15, -0.1) is 10.2 Å². The lowest BCUT2D eigenvalue weighted by Gasteiger charge is -1.96. The molecular formula is C8H9BrN4OS. The van der Waals surface area contributed by atoms with Crippen molar-refractivity contribution in [1.82, 2.24) is 15.2 Å². The maximum absolute atomic E-state index is 5.43. The van der Waals surface area contributed by atoms with Crippen LogP contribution in [0.5, 0.6) is 0 Å². The largest absolute Gasteiger partial charge is 0.444 e. The Morgan fingerprint density at radius 2 is 2.40 bits per heavy atom. The highest BCUT2D eigenvalue weighted by Crippen LogP contribution is 2.20. The van der Waals surface area contributed by atoms with Crippen molar-refractivity contribution in [2.75, 3.05) is 5.32 Å². The van der Waals surface area contributed by atoms with Crippen LogP contribution in [0.1, 0.15) is 18.6 Å². The Labute approximate surface area is 99.1 Å². The molecule has 0 unspecified atom stereocenters. The number of nitrogens with zero attached hydrogens (tertiary/aromatic N) is 3. The van der Waals surface area contributed by atoms with E-state index in [1.165, 1.54) is 11.3 Å². The van der Waals surface area contributed by atoms with E-state index in [2.05, 4.69) is 36.4 Å². The Kier molecular flexibility index (Phi) is 3.32. The lowest BCUT2D eigenvalue weighted by Crippen LogP contribution is -1.98. The van der Waals surface area contributed by atoms with Gasteiger partial charge in [0.2, 0.25) is 11.0 Å². The van der Waals surface area contributed by atoms with Crippen LogP contribution >= 0.6 is 27.3 Å². The van der Waals surface area contributed by atoms with Gasteiger partial charge >= 0.3 is 0 Å². The van der Waals surface area contributed by atoms with Crippen molar-refractivity contribution in [1.29, 1.82) is 0 Å². The van der Waals surface area contributed by atoms with Gasteiger partial charge in [0, 0.05) is 6.42 Å². The number of aryl methyl sites for hydroxylation is 1. The van der Waals surface area contributed by atoms with E-state index in [4.69, 9.17) is 4.42 Å². The summed E-state index contributed by atoms with van der Waals surface area (Å²) in [5.41, 5.74) is 0. The summed E-state index contributed by atoms with van der Waals surface area (Å²) in [4.78, 5) is 4.12. The number of hydrogen-bond donors (Lipinski definition) is 1. The zero-order valence-corrected chi connectivity index (χ0v) is 10.4. The molecule has 80 valence electrons. The quantitative estimate of drug-likeness (QED) is 0.936. The second-order valence-electron chi connectivity index (χ2n) is 2.79. The minimum Gasteiger partial charge on any atom is -0.444 e. The first kappa shape index (κ1) is 10.6. The van der Waals surface area contributed by atoms with Crippen LogP contribution in [-0.4, -0.2) is 15.2 Å². The fourth-order valence-electron chi connectivity index (χ4n) is 1.02. The summed E-state index contributed by atoms with van der Waals surface area (Å²) in [5, 5.41) is 11.5. The van der Waals surface area contributed by atoms with E-state index in [9.17, 15) is 0 Å². The Bertz CT molecular complexity index is 441. The number of nitrogens with one attached hydrogen (secondary N) is 1. The van der Waals surface area contributed by atoms with Gasteiger partial charge in [0.25, 0.3) is 0 Å². The first-order chi connectivity index (χ1) is 7.28. The van der Waals surface area contributed by atoms with Crippen molar-refractivity contribution in [3.05, 3.63) is 21.8 Å². The third kappa shape index (κ3) is 2.75. The summed E-state index contributed by atoms with van der Waals surface area (Å²) in [6.07, 6.45) is 2.60. The third-order valence-corrected chi connectivity index (χ3v) is 3.05. The number of halogens is 1. The zero-order valence-electron chi connectivity index (χ0n) is 8.03. The van der Waals surface area contributed by atoms with E-state index in [0.717, 1.165) is 21.2 Å². The van der Waals surface area contributed by atoms with E-state index in [1.807, 2.05) is 6.92 Å². The molecule has 7 heteroatoms. The van der Waals surface area contributed by atoms with Crippen LogP contribution in [0, 0.1) is 0 Å². The molecule has 0 atom stereocenters. The average molecular weight is 289 g/mol. The number of oxazole rings is 1. The molecule has 2 aromatic heterocycles. The van der Waals surface area contributed by atoms with Gasteiger partial charge in [-0.05, 0) is 15.9 Å². The molecule has 0 fully saturated rings. The number of aromatic nitrogens is 3.